The maximum Gasteiger partial charge on any atom is 0.163 e. The summed E-state index contributed by atoms with van der Waals surface area (Å²) in [5, 5.41) is 0. The highest BCUT2D eigenvalue weighted by atomic mass is 19.2. The van der Waals surface area contributed by atoms with Gasteiger partial charge in [-0.3, -0.25) is 0 Å². The molecule has 0 aromatic heterocycles. The summed E-state index contributed by atoms with van der Waals surface area (Å²) in [6, 6.07) is 1.09. The smallest absolute Gasteiger partial charge is 0.163 e. The lowest BCUT2D eigenvalue weighted by Crippen LogP contribution is -1.99. The highest BCUT2D eigenvalue weighted by molar-refractivity contribution is 5.53. The summed E-state index contributed by atoms with van der Waals surface area (Å²) in [5.41, 5.74) is 6.52. The molecule has 1 rings (SSSR count). The fourth-order valence-corrected chi connectivity index (χ4v) is 0.924. The van der Waals surface area contributed by atoms with Crippen LogP contribution in [-0.4, -0.2) is 0 Å². The van der Waals surface area contributed by atoms with Crippen LogP contribution in [-0.2, 0) is 0 Å². The first-order valence-electron chi connectivity index (χ1n) is 3.24. The van der Waals surface area contributed by atoms with Crippen LogP contribution in [0.3, 0.4) is 0 Å². The topological polar surface area (TPSA) is 26.0 Å². The van der Waals surface area contributed by atoms with E-state index >= 15 is 0 Å². The van der Waals surface area contributed by atoms with E-state index in [-0.39, 0.29) is 5.56 Å². The van der Waals surface area contributed by atoms with Gasteiger partial charge in [0, 0.05) is 11.3 Å². The Hall–Kier alpha value is -1.12. The Balaban J connectivity index is 3.46. The van der Waals surface area contributed by atoms with Crippen LogP contribution in [0.25, 0.3) is 0 Å². The summed E-state index contributed by atoms with van der Waals surface area (Å²) < 4.78 is 25.3. The molecule has 0 radical (unpaired) electrons. The molecule has 0 saturated carbocycles. The van der Waals surface area contributed by atoms with Gasteiger partial charge in [0.2, 0.25) is 0 Å². The van der Waals surface area contributed by atoms with Crippen LogP contribution < -0.4 is 5.73 Å². The number of nitrogen functional groups attached to an aromatic ring is 1. The van der Waals surface area contributed by atoms with E-state index in [9.17, 15) is 8.78 Å². The minimum atomic E-state index is -0.854. The molecule has 0 amide bonds. The number of halogens is 2. The van der Waals surface area contributed by atoms with Crippen molar-refractivity contribution in [3.8, 4) is 0 Å². The molecule has 3 heteroatoms. The van der Waals surface area contributed by atoms with Crippen LogP contribution in [0.1, 0.15) is 11.1 Å². The molecule has 11 heavy (non-hydrogen) atoms. The van der Waals surface area contributed by atoms with E-state index in [1.807, 2.05) is 0 Å². The van der Waals surface area contributed by atoms with Crippen molar-refractivity contribution in [3.05, 3.63) is 28.8 Å². The third kappa shape index (κ3) is 1.18. The summed E-state index contributed by atoms with van der Waals surface area (Å²) in [7, 11) is 0. The fourth-order valence-electron chi connectivity index (χ4n) is 0.924. The van der Waals surface area contributed by atoms with Crippen LogP contribution in [0.15, 0.2) is 6.07 Å². The summed E-state index contributed by atoms with van der Waals surface area (Å²) in [4.78, 5) is 0. The molecular formula is C8H9F2N. The van der Waals surface area contributed by atoms with Crippen molar-refractivity contribution in [2.45, 2.75) is 13.8 Å². The Kier molecular flexibility index (Phi) is 1.81. The molecule has 0 heterocycles. The van der Waals surface area contributed by atoms with Crippen LogP contribution >= 0.6 is 0 Å². The second kappa shape index (κ2) is 2.49. The van der Waals surface area contributed by atoms with Gasteiger partial charge in [-0.25, -0.2) is 8.78 Å². The normalized spacial score (nSPS) is 10.2. The third-order valence-electron chi connectivity index (χ3n) is 1.71. The van der Waals surface area contributed by atoms with Crippen LogP contribution in [0.5, 0.6) is 0 Å². The van der Waals surface area contributed by atoms with Gasteiger partial charge in [-0.1, -0.05) is 0 Å². The van der Waals surface area contributed by atoms with Gasteiger partial charge < -0.3 is 5.73 Å². The molecule has 0 aliphatic heterocycles. The summed E-state index contributed by atoms with van der Waals surface area (Å²) in [6.07, 6.45) is 0. The van der Waals surface area contributed by atoms with Gasteiger partial charge in [-0.15, -0.1) is 0 Å². The zero-order valence-electron chi connectivity index (χ0n) is 6.41. The van der Waals surface area contributed by atoms with Gasteiger partial charge >= 0.3 is 0 Å². The van der Waals surface area contributed by atoms with E-state index in [1.165, 1.54) is 6.92 Å². The monoisotopic (exact) mass is 157 g/mol. The zero-order valence-corrected chi connectivity index (χ0v) is 6.41. The van der Waals surface area contributed by atoms with Gasteiger partial charge in [-0.2, -0.15) is 0 Å². The highest BCUT2D eigenvalue weighted by Crippen LogP contribution is 2.21. The minimum absolute atomic E-state index is 0.183. The quantitative estimate of drug-likeness (QED) is 0.574. The van der Waals surface area contributed by atoms with Crippen LogP contribution in [0.4, 0.5) is 14.5 Å². The number of nitrogens with two attached hydrogens (primary N) is 1. The van der Waals surface area contributed by atoms with E-state index in [1.54, 1.807) is 6.92 Å². The van der Waals surface area contributed by atoms with E-state index < -0.39 is 11.6 Å². The Morgan fingerprint density at radius 1 is 1.27 bits per heavy atom. The molecule has 1 nitrogen and oxygen atoms in total. The summed E-state index contributed by atoms with van der Waals surface area (Å²) >= 11 is 0. The summed E-state index contributed by atoms with van der Waals surface area (Å²) in [5.74, 6) is -1.69. The average Bonchev–Trinajstić information content (AvgIpc) is 1.97. The molecule has 0 aliphatic rings. The first kappa shape index (κ1) is 7.98. The summed E-state index contributed by atoms with van der Waals surface area (Å²) in [6.45, 7) is 3.10. The SMILES string of the molecule is Cc1cc(F)c(F)c(C)c1N. The average molecular weight is 157 g/mol. The molecule has 0 atom stereocenters. The molecule has 0 aliphatic carbocycles. The van der Waals surface area contributed by atoms with Crippen molar-refractivity contribution in [2.24, 2.45) is 0 Å². The van der Waals surface area contributed by atoms with Crippen molar-refractivity contribution < 1.29 is 8.78 Å². The first-order valence-corrected chi connectivity index (χ1v) is 3.24. The predicted molar refractivity (Wildman–Crippen MR) is 40.2 cm³/mol. The second-order valence-electron chi connectivity index (χ2n) is 2.53. The second-order valence-corrected chi connectivity index (χ2v) is 2.53. The number of benzene rings is 1. The number of rotatable bonds is 0. The standard InChI is InChI=1S/C8H9F2N/c1-4-3-6(9)7(10)5(2)8(4)11/h3H,11H2,1-2H3. The minimum Gasteiger partial charge on any atom is -0.398 e. The molecule has 1 aromatic rings. The van der Waals surface area contributed by atoms with Gasteiger partial charge in [0.05, 0.1) is 0 Å². The third-order valence-corrected chi connectivity index (χ3v) is 1.71. The number of aryl methyl sites for hydroxylation is 1. The van der Waals surface area contributed by atoms with Crippen molar-refractivity contribution in [3.63, 3.8) is 0 Å². The predicted octanol–water partition coefficient (Wildman–Crippen LogP) is 2.16. The first-order chi connectivity index (χ1) is 5.04. The Labute approximate surface area is 63.8 Å². The fraction of sp³-hybridized carbons (Fsp3) is 0.250. The van der Waals surface area contributed by atoms with E-state index in [0.29, 0.717) is 11.3 Å². The van der Waals surface area contributed by atoms with Crippen LogP contribution in [0, 0.1) is 25.5 Å². The molecule has 0 saturated heterocycles. The lowest BCUT2D eigenvalue weighted by Gasteiger charge is -2.05. The molecule has 2 N–H and O–H groups in total. The van der Waals surface area contributed by atoms with E-state index in [4.69, 9.17) is 5.73 Å². The lowest BCUT2D eigenvalue weighted by atomic mass is 10.1. The molecule has 0 bridgehead atoms. The maximum atomic E-state index is 12.7. The van der Waals surface area contributed by atoms with Crippen LogP contribution in [0.2, 0.25) is 0 Å². The molecule has 0 fully saturated rings. The Morgan fingerprint density at radius 2 is 1.82 bits per heavy atom. The van der Waals surface area contributed by atoms with Crippen molar-refractivity contribution in [1.29, 1.82) is 0 Å². The number of anilines is 1. The lowest BCUT2D eigenvalue weighted by molar-refractivity contribution is 0.503. The largest absolute Gasteiger partial charge is 0.398 e. The van der Waals surface area contributed by atoms with Gasteiger partial charge in [-0.05, 0) is 25.5 Å². The number of hydrogen-bond donors (Lipinski definition) is 1. The van der Waals surface area contributed by atoms with Gasteiger partial charge in [0.25, 0.3) is 0 Å². The van der Waals surface area contributed by atoms with Crippen molar-refractivity contribution >= 4 is 5.69 Å². The van der Waals surface area contributed by atoms with Crippen molar-refractivity contribution in [2.75, 3.05) is 5.73 Å². The van der Waals surface area contributed by atoms with Crippen molar-refractivity contribution in [1.82, 2.24) is 0 Å². The molecule has 1 aromatic carbocycles. The van der Waals surface area contributed by atoms with E-state index in [0.717, 1.165) is 6.07 Å². The van der Waals surface area contributed by atoms with Gasteiger partial charge in [0.15, 0.2) is 11.6 Å². The Morgan fingerprint density at radius 3 is 2.36 bits per heavy atom. The van der Waals surface area contributed by atoms with Gasteiger partial charge in [0.1, 0.15) is 0 Å². The highest BCUT2D eigenvalue weighted by Gasteiger charge is 2.09. The Bertz CT molecular complexity index is 268. The molecular weight excluding hydrogens is 148 g/mol. The molecule has 60 valence electrons. The number of hydrogen-bond acceptors (Lipinski definition) is 1. The van der Waals surface area contributed by atoms with E-state index in [2.05, 4.69) is 0 Å². The molecule has 0 spiro atoms. The zero-order chi connectivity index (χ0) is 8.59. The maximum absolute atomic E-state index is 12.7. The molecule has 0 unspecified atom stereocenters.